The van der Waals surface area contributed by atoms with Crippen LogP contribution in [0.25, 0.3) is 20.4 Å². The molecule has 0 aliphatic rings. The van der Waals surface area contributed by atoms with E-state index in [0.29, 0.717) is 10.4 Å². The zero-order valence-electron chi connectivity index (χ0n) is 14.8. The Labute approximate surface area is 168 Å². The number of thioether (sulfide) groups is 1. The van der Waals surface area contributed by atoms with Crippen molar-refractivity contribution in [2.24, 2.45) is 4.99 Å². The number of aromatic nitrogens is 2. The van der Waals surface area contributed by atoms with Crippen LogP contribution in [0.3, 0.4) is 0 Å². The van der Waals surface area contributed by atoms with E-state index in [9.17, 15) is 4.79 Å². The van der Waals surface area contributed by atoms with Gasteiger partial charge in [0.25, 0.3) is 5.91 Å². The Kier molecular flexibility index (Phi) is 5.29. The third-order valence-electron chi connectivity index (χ3n) is 4.18. The maximum Gasteiger partial charge on any atom is 0.279 e. The first-order valence-corrected chi connectivity index (χ1v) is 11.4. The number of fused-ring (bicyclic) bond motifs is 2. The van der Waals surface area contributed by atoms with E-state index in [1.165, 1.54) is 22.7 Å². The van der Waals surface area contributed by atoms with E-state index in [0.717, 1.165) is 38.5 Å². The molecule has 1 amide bonds. The number of ether oxygens (including phenoxy) is 1. The highest BCUT2D eigenvalue weighted by Gasteiger charge is 2.11. The van der Waals surface area contributed by atoms with E-state index in [2.05, 4.69) is 20.8 Å². The minimum atomic E-state index is -0.235. The number of benzene rings is 2. The van der Waals surface area contributed by atoms with Gasteiger partial charge in [-0.1, -0.05) is 11.3 Å². The van der Waals surface area contributed by atoms with Crippen LogP contribution in [0.4, 0.5) is 0 Å². The van der Waals surface area contributed by atoms with Crippen molar-refractivity contribution < 1.29 is 9.53 Å². The van der Waals surface area contributed by atoms with E-state index < -0.39 is 0 Å². The van der Waals surface area contributed by atoms with Gasteiger partial charge in [-0.15, -0.1) is 11.3 Å². The molecule has 0 radical (unpaired) electrons. The zero-order valence-corrected chi connectivity index (χ0v) is 17.3. The van der Waals surface area contributed by atoms with Crippen molar-refractivity contribution in [3.05, 3.63) is 52.3 Å². The topological polar surface area (TPSA) is 56.5 Å². The predicted octanol–water partition coefficient (Wildman–Crippen LogP) is 4.43. The minimum absolute atomic E-state index is 0.235. The number of methoxy groups -OCH3 is 1. The molecule has 0 atom stereocenters. The van der Waals surface area contributed by atoms with Gasteiger partial charge in [0.2, 0.25) is 0 Å². The normalized spacial score (nSPS) is 12.1. The molecule has 4 aromatic rings. The van der Waals surface area contributed by atoms with Crippen molar-refractivity contribution in [2.75, 3.05) is 19.1 Å². The van der Waals surface area contributed by atoms with Crippen molar-refractivity contribution in [3.8, 4) is 5.75 Å². The maximum atomic E-state index is 12.8. The summed E-state index contributed by atoms with van der Waals surface area (Å²) in [6.07, 6.45) is 2.07. The second-order valence-corrected chi connectivity index (χ2v) is 8.70. The fourth-order valence-electron chi connectivity index (χ4n) is 2.80. The highest BCUT2D eigenvalue weighted by atomic mass is 32.2. The molecule has 0 saturated heterocycles. The number of hydrogen-bond acceptors (Lipinski definition) is 6. The summed E-state index contributed by atoms with van der Waals surface area (Å²) in [7, 11) is 1.65. The lowest BCUT2D eigenvalue weighted by Gasteiger charge is -2.04. The molecule has 138 valence electrons. The molecule has 2 aromatic carbocycles. The van der Waals surface area contributed by atoms with Crippen molar-refractivity contribution in [1.29, 1.82) is 0 Å². The molecule has 2 aromatic heterocycles. The molecular formula is C19H17N3O2S3. The summed E-state index contributed by atoms with van der Waals surface area (Å²) >= 11 is 4.80. The van der Waals surface area contributed by atoms with Crippen LogP contribution in [0.1, 0.15) is 10.4 Å². The molecule has 27 heavy (non-hydrogen) atoms. The molecule has 2 heterocycles. The highest BCUT2D eigenvalue weighted by Crippen LogP contribution is 2.24. The molecular weight excluding hydrogens is 398 g/mol. The van der Waals surface area contributed by atoms with Gasteiger partial charge >= 0.3 is 0 Å². The van der Waals surface area contributed by atoms with Gasteiger partial charge in [-0.25, -0.2) is 4.98 Å². The quantitative estimate of drug-likeness (QED) is 0.484. The van der Waals surface area contributed by atoms with E-state index in [-0.39, 0.29) is 5.91 Å². The summed E-state index contributed by atoms with van der Waals surface area (Å²) in [5.74, 6) is 1.52. The fraction of sp³-hybridized carbons (Fsp3) is 0.211. The Bertz CT molecular complexity index is 1190. The predicted molar refractivity (Wildman–Crippen MR) is 114 cm³/mol. The largest absolute Gasteiger partial charge is 0.497 e. The minimum Gasteiger partial charge on any atom is -0.497 e. The third kappa shape index (κ3) is 3.65. The zero-order chi connectivity index (χ0) is 18.8. The van der Waals surface area contributed by atoms with Crippen molar-refractivity contribution in [1.82, 2.24) is 9.55 Å². The summed E-state index contributed by atoms with van der Waals surface area (Å²) in [6.45, 7) is 0.799. The van der Waals surface area contributed by atoms with Crippen LogP contribution >= 0.6 is 34.4 Å². The first-order chi connectivity index (χ1) is 13.2. The molecule has 0 N–H and O–H groups in total. The summed E-state index contributed by atoms with van der Waals surface area (Å²) in [5, 5.41) is 0. The van der Waals surface area contributed by atoms with Crippen molar-refractivity contribution >= 4 is 60.8 Å². The third-order valence-corrected chi connectivity index (χ3v) is 6.61. The molecule has 0 bridgehead atoms. The summed E-state index contributed by atoms with van der Waals surface area (Å²) < 4.78 is 9.49. The smallest absolute Gasteiger partial charge is 0.279 e. The number of nitrogens with zero attached hydrogens (tertiary/aromatic N) is 3. The highest BCUT2D eigenvalue weighted by molar-refractivity contribution is 7.98. The molecule has 8 heteroatoms. The van der Waals surface area contributed by atoms with Crippen LogP contribution < -0.4 is 9.54 Å². The summed E-state index contributed by atoms with van der Waals surface area (Å²) in [5.41, 5.74) is 4.34. The lowest BCUT2D eigenvalue weighted by Crippen LogP contribution is -2.18. The molecule has 4 rings (SSSR count). The second kappa shape index (κ2) is 7.84. The Balaban J connectivity index is 1.81. The fourth-order valence-corrected chi connectivity index (χ4v) is 4.97. The van der Waals surface area contributed by atoms with Gasteiger partial charge in [0, 0.05) is 17.9 Å². The van der Waals surface area contributed by atoms with E-state index in [1.807, 2.05) is 30.3 Å². The molecule has 0 fully saturated rings. The van der Waals surface area contributed by atoms with E-state index in [4.69, 9.17) is 4.74 Å². The van der Waals surface area contributed by atoms with Crippen LogP contribution in [0.5, 0.6) is 5.75 Å². The van der Waals surface area contributed by atoms with Crippen LogP contribution in [0.2, 0.25) is 0 Å². The number of hydrogen-bond donors (Lipinski definition) is 0. The van der Waals surface area contributed by atoms with Gasteiger partial charge in [0.05, 0.1) is 33.1 Å². The van der Waals surface area contributed by atoms with Crippen LogP contribution in [-0.2, 0) is 6.54 Å². The van der Waals surface area contributed by atoms with Crippen LogP contribution in [-0.4, -0.2) is 34.6 Å². The molecule has 0 unspecified atom stereocenters. The average molecular weight is 416 g/mol. The first kappa shape index (κ1) is 18.2. The molecule has 0 spiro atoms. The van der Waals surface area contributed by atoms with Gasteiger partial charge in [0.15, 0.2) is 4.80 Å². The number of carbonyl (C=O) groups excluding carboxylic acids is 1. The van der Waals surface area contributed by atoms with Crippen LogP contribution in [0.15, 0.2) is 46.9 Å². The Morgan fingerprint density at radius 2 is 2.15 bits per heavy atom. The summed E-state index contributed by atoms with van der Waals surface area (Å²) in [4.78, 5) is 22.2. The van der Waals surface area contributed by atoms with Gasteiger partial charge in [0.1, 0.15) is 5.75 Å². The first-order valence-electron chi connectivity index (χ1n) is 8.28. The van der Waals surface area contributed by atoms with Gasteiger partial charge in [-0.05, 0) is 42.7 Å². The van der Waals surface area contributed by atoms with Crippen molar-refractivity contribution in [2.45, 2.75) is 6.54 Å². The molecule has 0 saturated carbocycles. The molecule has 0 aliphatic heterocycles. The number of aryl methyl sites for hydroxylation is 1. The lowest BCUT2D eigenvalue weighted by molar-refractivity contribution is 0.0998. The number of amides is 1. The van der Waals surface area contributed by atoms with Crippen LogP contribution in [0, 0.1) is 0 Å². The lowest BCUT2D eigenvalue weighted by atomic mass is 10.2. The molecule has 5 nitrogen and oxygen atoms in total. The summed E-state index contributed by atoms with van der Waals surface area (Å²) in [6, 6.07) is 11.5. The van der Waals surface area contributed by atoms with Gasteiger partial charge < -0.3 is 9.30 Å². The Hall–Kier alpha value is -2.16. The van der Waals surface area contributed by atoms with Gasteiger partial charge in [-0.2, -0.15) is 16.8 Å². The van der Waals surface area contributed by atoms with E-state index >= 15 is 0 Å². The average Bonchev–Trinajstić information content (AvgIpc) is 3.29. The van der Waals surface area contributed by atoms with E-state index in [1.54, 1.807) is 30.4 Å². The number of rotatable bonds is 5. The molecule has 0 aliphatic carbocycles. The maximum absolute atomic E-state index is 12.8. The standard InChI is InChI=1S/C19H17N3O2S3/c1-24-13-4-6-15-17(10-13)27-19(22(15)7-8-25-2)21-18(23)12-3-5-14-16(9-12)26-11-20-14/h3-6,9-11H,7-8H2,1-2H3. The van der Waals surface area contributed by atoms with Crippen molar-refractivity contribution in [3.63, 3.8) is 0 Å². The Morgan fingerprint density at radius 1 is 1.26 bits per heavy atom. The Morgan fingerprint density at radius 3 is 2.96 bits per heavy atom. The monoisotopic (exact) mass is 415 g/mol. The number of thiazole rings is 2. The second-order valence-electron chi connectivity index (χ2n) is 5.81. The SMILES string of the molecule is COc1ccc2c(c1)sc(=NC(=O)c1ccc3ncsc3c1)n2CCSC. The number of carbonyl (C=O) groups is 1. The van der Waals surface area contributed by atoms with Gasteiger partial charge in [-0.3, -0.25) is 4.79 Å².